The summed E-state index contributed by atoms with van der Waals surface area (Å²) in [5.41, 5.74) is -0.517. The molecule has 120 valence electrons. The maximum atomic E-state index is 12.4. The molecule has 0 unspecified atom stereocenters. The van der Waals surface area contributed by atoms with Gasteiger partial charge in [-0.1, -0.05) is 43.0 Å². The van der Waals surface area contributed by atoms with Crippen molar-refractivity contribution in [1.29, 1.82) is 0 Å². The number of benzene rings is 1. The normalized spacial score (nSPS) is 18.3. The van der Waals surface area contributed by atoms with Crippen molar-refractivity contribution >= 4 is 23.4 Å². The monoisotopic (exact) mass is 324 g/mol. The van der Waals surface area contributed by atoms with Gasteiger partial charge in [0.25, 0.3) is 5.91 Å². The minimum absolute atomic E-state index is 0.209. The quantitative estimate of drug-likeness (QED) is 0.792. The van der Waals surface area contributed by atoms with Crippen LogP contribution in [0.3, 0.4) is 0 Å². The van der Waals surface area contributed by atoms with Crippen LogP contribution in [-0.2, 0) is 9.59 Å². The molecule has 1 aromatic rings. The number of carbonyl (C=O) groups is 2. The first-order chi connectivity index (χ1) is 10.5. The number of likely N-dealkylation sites (N-methyl/N-ethyl adjacent to an activating group) is 1. The van der Waals surface area contributed by atoms with Crippen molar-refractivity contribution in [3.8, 4) is 0 Å². The van der Waals surface area contributed by atoms with Crippen LogP contribution < -0.4 is 10.6 Å². The summed E-state index contributed by atoms with van der Waals surface area (Å²) in [7, 11) is 1.55. The molecular formula is C16H21ClN2O3. The molecule has 1 aliphatic rings. The highest BCUT2D eigenvalue weighted by Gasteiger charge is 2.41. The predicted octanol–water partition coefficient (Wildman–Crippen LogP) is 1.94. The first-order valence-corrected chi connectivity index (χ1v) is 7.84. The number of carbonyl (C=O) groups excluding carboxylic acids is 2. The highest BCUT2D eigenvalue weighted by molar-refractivity contribution is 6.30. The second-order valence-corrected chi connectivity index (χ2v) is 6.11. The van der Waals surface area contributed by atoms with E-state index in [4.69, 9.17) is 11.6 Å². The lowest BCUT2D eigenvalue weighted by molar-refractivity contribution is -0.139. The van der Waals surface area contributed by atoms with Crippen LogP contribution >= 0.6 is 11.6 Å². The Hall–Kier alpha value is -1.59. The molecule has 3 N–H and O–H groups in total. The van der Waals surface area contributed by atoms with Crippen molar-refractivity contribution in [2.75, 3.05) is 7.05 Å². The van der Waals surface area contributed by atoms with E-state index in [0.717, 1.165) is 19.3 Å². The fourth-order valence-corrected chi connectivity index (χ4v) is 3.13. The summed E-state index contributed by atoms with van der Waals surface area (Å²) >= 11 is 5.88. The van der Waals surface area contributed by atoms with Gasteiger partial charge in [0.2, 0.25) is 5.91 Å². The molecule has 22 heavy (non-hydrogen) atoms. The summed E-state index contributed by atoms with van der Waals surface area (Å²) in [4.78, 5) is 24.6. The van der Waals surface area contributed by atoms with Crippen molar-refractivity contribution in [2.24, 2.45) is 0 Å². The Balaban J connectivity index is 2.15. The van der Waals surface area contributed by atoms with Gasteiger partial charge in [0.15, 0.2) is 6.10 Å². The van der Waals surface area contributed by atoms with E-state index < -0.39 is 17.6 Å². The Kier molecular flexibility index (Phi) is 5.42. The van der Waals surface area contributed by atoms with Crippen LogP contribution in [0.25, 0.3) is 0 Å². The lowest BCUT2D eigenvalue weighted by atomic mass is 9.80. The standard InChI is InChI=1S/C16H21ClN2O3/c1-18-15(22)16(8-3-2-4-9-16)19-14(21)13(20)11-6-5-7-12(17)10-11/h5-7,10,13,20H,2-4,8-9H2,1H3,(H,18,22)(H,19,21)/t13-/m1/s1. The van der Waals surface area contributed by atoms with E-state index in [1.54, 1.807) is 31.3 Å². The van der Waals surface area contributed by atoms with Gasteiger partial charge >= 0.3 is 0 Å². The molecule has 0 radical (unpaired) electrons. The van der Waals surface area contributed by atoms with Crippen molar-refractivity contribution in [1.82, 2.24) is 10.6 Å². The van der Waals surface area contributed by atoms with Crippen LogP contribution in [-0.4, -0.2) is 29.5 Å². The van der Waals surface area contributed by atoms with Crippen molar-refractivity contribution in [3.63, 3.8) is 0 Å². The minimum Gasteiger partial charge on any atom is -0.378 e. The van der Waals surface area contributed by atoms with E-state index in [-0.39, 0.29) is 5.91 Å². The molecule has 1 atom stereocenters. The fraction of sp³-hybridized carbons (Fsp3) is 0.500. The van der Waals surface area contributed by atoms with Crippen molar-refractivity contribution in [2.45, 2.75) is 43.7 Å². The predicted molar refractivity (Wildman–Crippen MR) is 84.4 cm³/mol. The van der Waals surface area contributed by atoms with E-state index in [2.05, 4.69) is 10.6 Å². The van der Waals surface area contributed by atoms with Crippen molar-refractivity contribution in [3.05, 3.63) is 34.9 Å². The van der Waals surface area contributed by atoms with E-state index in [1.807, 2.05) is 0 Å². The van der Waals surface area contributed by atoms with Crippen LogP contribution in [0.4, 0.5) is 0 Å². The molecule has 1 aliphatic carbocycles. The first kappa shape index (κ1) is 16.8. The molecule has 0 spiro atoms. The molecule has 2 rings (SSSR count). The van der Waals surface area contributed by atoms with Gasteiger partial charge in [-0.3, -0.25) is 9.59 Å². The molecule has 2 amide bonds. The first-order valence-electron chi connectivity index (χ1n) is 7.46. The Morgan fingerprint density at radius 2 is 1.95 bits per heavy atom. The number of aliphatic hydroxyl groups excluding tert-OH is 1. The molecule has 0 bridgehead atoms. The summed E-state index contributed by atoms with van der Waals surface area (Å²) in [6.45, 7) is 0. The Morgan fingerprint density at radius 3 is 2.55 bits per heavy atom. The van der Waals surface area contributed by atoms with Crippen LogP contribution in [0.2, 0.25) is 5.02 Å². The number of aliphatic hydroxyl groups is 1. The van der Waals surface area contributed by atoms with Gasteiger partial charge < -0.3 is 15.7 Å². The lowest BCUT2D eigenvalue weighted by Gasteiger charge is -2.36. The van der Waals surface area contributed by atoms with Crippen molar-refractivity contribution < 1.29 is 14.7 Å². The van der Waals surface area contributed by atoms with Crippen LogP contribution in [0.1, 0.15) is 43.8 Å². The summed E-state index contributed by atoms with van der Waals surface area (Å²) in [6, 6.07) is 6.51. The van der Waals surface area contributed by atoms with E-state index >= 15 is 0 Å². The van der Waals surface area contributed by atoms with Crippen LogP contribution in [0.15, 0.2) is 24.3 Å². The minimum atomic E-state index is -1.35. The number of hydrogen-bond donors (Lipinski definition) is 3. The second-order valence-electron chi connectivity index (χ2n) is 5.67. The molecule has 0 saturated heterocycles. The molecule has 6 heteroatoms. The van der Waals surface area contributed by atoms with Gasteiger partial charge in [0.05, 0.1) is 0 Å². The number of halogens is 1. The summed E-state index contributed by atoms with van der Waals surface area (Å²) in [5.74, 6) is -0.786. The van der Waals surface area contributed by atoms with E-state index in [9.17, 15) is 14.7 Å². The molecular weight excluding hydrogens is 304 g/mol. The number of hydrogen-bond acceptors (Lipinski definition) is 3. The molecule has 1 aromatic carbocycles. The van der Waals surface area contributed by atoms with Gasteiger partial charge in [0.1, 0.15) is 5.54 Å². The average molecular weight is 325 g/mol. The molecule has 1 saturated carbocycles. The zero-order valence-corrected chi connectivity index (χ0v) is 13.3. The molecule has 0 aliphatic heterocycles. The third-order valence-corrected chi connectivity index (χ3v) is 4.38. The third-order valence-electron chi connectivity index (χ3n) is 4.14. The van der Waals surface area contributed by atoms with Gasteiger partial charge in [-0.15, -0.1) is 0 Å². The number of amides is 2. The maximum Gasteiger partial charge on any atom is 0.254 e. The lowest BCUT2D eigenvalue weighted by Crippen LogP contribution is -2.59. The zero-order valence-electron chi connectivity index (χ0n) is 12.6. The van der Waals surface area contributed by atoms with Crippen LogP contribution in [0, 0.1) is 0 Å². The molecule has 1 fully saturated rings. The van der Waals surface area contributed by atoms with Gasteiger partial charge in [-0.2, -0.15) is 0 Å². The molecule has 0 heterocycles. The highest BCUT2D eigenvalue weighted by atomic mass is 35.5. The van der Waals surface area contributed by atoms with Gasteiger partial charge in [0, 0.05) is 12.1 Å². The smallest absolute Gasteiger partial charge is 0.254 e. The zero-order chi connectivity index (χ0) is 16.2. The molecule has 5 nitrogen and oxygen atoms in total. The Labute approximate surface area is 135 Å². The SMILES string of the molecule is CNC(=O)C1(NC(=O)[C@H](O)c2cccc(Cl)c2)CCCCC1. The Morgan fingerprint density at radius 1 is 1.27 bits per heavy atom. The largest absolute Gasteiger partial charge is 0.378 e. The third kappa shape index (κ3) is 3.59. The fourth-order valence-electron chi connectivity index (χ4n) is 2.94. The van der Waals surface area contributed by atoms with Crippen LogP contribution in [0.5, 0.6) is 0 Å². The topological polar surface area (TPSA) is 78.4 Å². The Bertz CT molecular complexity index is 556. The van der Waals surface area contributed by atoms with Gasteiger partial charge in [-0.25, -0.2) is 0 Å². The number of rotatable bonds is 4. The van der Waals surface area contributed by atoms with E-state index in [0.29, 0.717) is 23.4 Å². The van der Waals surface area contributed by atoms with Gasteiger partial charge in [-0.05, 0) is 30.5 Å². The van der Waals surface area contributed by atoms with E-state index in [1.165, 1.54) is 0 Å². The second kappa shape index (κ2) is 7.11. The summed E-state index contributed by atoms with van der Waals surface area (Å²) < 4.78 is 0. The highest BCUT2D eigenvalue weighted by Crippen LogP contribution is 2.29. The average Bonchev–Trinajstić information content (AvgIpc) is 2.54. The summed E-state index contributed by atoms with van der Waals surface area (Å²) in [6.07, 6.45) is 2.62. The summed E-state index contributed by atoms with van der Waals surface area (Å²) in [5, 5.41) is 16.0. The molecule has 0 aromatic heterocycles. The number of nitrogens with one attached hydrogen (secondary N) is 2. The maximum absolute atomic E-state index is 12.4.